The lowest BCUT2D eigenvalue weighted by Gasteiger charge is -2.45. The van der Waals surface area contributed by atoms with Gasteiger partial charge < -0.3 is 10.1 Å². The molecule has 0 aromatic heterocycles. The lowest BCUT2D eigenvalue weighted by molar-refractivity contribution is -0.153. The molecular weight excluding hydrogens is 287 g/mol. The van der Waals surface area contributed by atoms with E-state index in [1.165, 1.54) is 0 Å². The van der Waals surface area contributed by atoms with Crippen LogP contribution >= 0.6 is 11.8 Å². The monoisotopic (exact) mass is 311 g/mol. The lowest BCUT2D eigenvalue weighted by Crippen LogP contribution is -2.49. The molecule has 2 saturated heterocycles. The van der Waals surface area contributed by atoms with Crippen molar-refractivity contribution in [2.75, 3.05) is 24.7 Å². The second-order valence-electron chi connectivity index (χ2n) is 5.88. The van der Waals surface area contributed by atoms with E-state index in [9.17, 15) is 13.2 Å². The molecular formula is C14H24F3NOS. The van der Waals surface area contributed by atoms with Crippen molar-refractivity contribution in [3.05, 3.63) is 0 Å². The molecule has 2 heterocycles. The van der Waals surface area contributed by atoms with E-state index >= 15 is 0 Å². The Labute approximate surface area is 123 Å². The van der Waals surface area contributed by atoms with Crippen LogP contribution in [0.2, 0.25) is 0 Å². The number of ether oxygens (including phenoxy) is 1. The Morgan fingerprint density at radius 2 is 2.05 bits per heavy atom. The Balaban J connectivity index is 2.00. The highest BCUT2D eigenvalue weighted by Gasteiger charge is 2.43. The van der Waals surface area contributed by atoms with Crippen LogP contribution in [0.5, 0.6) is 0 Å². The molecule has 0 bridgehead atoms. The number of hydrogen-bond acceptors (Lipinski definition) is 3. The third-order valence-corrected chi connectivity index (χ3v) is 5.41. The van der Waals surface area contributed by atoms with Crippen LogP contribution < -0.4 is 5.32 Å². The highest BCUT2D eigenvalue weighted by atomic mass is 32.2. The summed E-state index contributed by atoms with van der Waals surface area (Å²) in [6.07, 6.45) is -1.33. The summed E-state index contributed by atoms with van der Waals surface area (Å²) in [7, 11) is 0. The van der Waals surface area contributed by atoms with Crippen LogP contribution in [-0.2, 0) is 4.74 Å². The highest BCUT2D eigenvalue weighted by molar-refractivity contribution is 7.99. The zero-order valence-electron chi connectivity index (χ0n) is 12.0. The molecule has 1 spiro atoms. The van der Waals surface area contributed by atoms with E-state index in [0.717, 1.165) is 37.2 Å². The summed E-state index contributed by atoms with van der Waals surface area (Å²) >= 11 is 1.92. The third kappa shape index (κ3) is 4.53. The van der Waals surface area contributed by atoms with Gasteiger partial charge in [0.1, 0.15) is 0 Å². The molecule has 2 fully saturated rings. The number of rotatable bonds is 4. The van der Waals surface area contributed by atoms with Crippen LogP contribution in [0.15, 0.2) is 0 Å². The average molecular weight is 311 g/mol. The van der Waals surface area contributed by atoms with Gasteiger partial charge in [-0.1, -0.05) is 6.92 Å². The van der Waals surface area contributed by atoms with Crippen LogP contribution in [0.25, 0.3) is 0 Å². The molecule has 2 nitrogen and oxygen atoms in total. The topological polar surface area (TPSA) is 21.3 Å². The summed E-state index contributed by atoms with van der Waals surface area (Å²) in [5, 5.41) is 3.05. The third-order valence-electron chi connectivity index (χ3n) is 4.42. The average Bonchev–Trinajstić information content (AvgIpc) is 2.38. The van der Waals surface area contributed by atoms with E-state index in [4.69, 9.17) is 4.74 Å². The maximum Gasteiger partial charge on any atom is 0.390 e. The van der Waals surface area contributed by atoms with Crippen molar-refractivity contribution in [3.8, 4) is 0 Å². The van der Waals surface area contributed by atoms with Crippen LogP contribution in [0, 0.1) is 5.92 Å². The van der Waals surface area contributed by atoms with Gasteiger partial charge in [0.25, 0.3) is 0 Å². The van der Waals surface area contributed by atoms with E-state index in [1.807, 2.05) is 18.7 Å². The fourth-order valence-corrected chi connectivity index (χ4v) is 4.65. The maximum absolute atomic E-state index is 12.7. The molecule has 2 unspecified atom stereocenters. The van der Waals surface area contributed by atoms with Gasteiger partial charge in [-0.25, -0.2) is 0 Å². The van der Waals surface area contributed by atoms with E-state index < -0.39 is 18.6 Å². The van der Waals surface area contributed by atoms with Crippen LogP contribution in [0.3, 0.4) is 0 Å². The molecule has 0 amide bonds. The predicted molar refractivity (Wildman–Crippen MR) is 76.1 cm³/mol. The SMILES string of the molecule is CCNC(CC(F)(F)F)C1CCOC2(CCSCC2)C1. The Morgan fingerprint density at radius 3 is 2.65 bits per heavy atom. The zero-order chi connectivity index (χ0) is 14.6. The van der Waals surface area contributed by atoms with Crippen LogP contribution in [-0.4, -0.2) is 42.5 Å². The lowest BCUT2D eigenvalue weighted by atomic mass is 9.78. The second kappa shape index (κ2) is 6.88. The smallest absolute Gasteiger partial charge is 0.375 e. The Kier molecular flexibility index (Phi) is 5.65. The van der Waals surface area contributed by atoms with Gasteiger partial charge in [0.15, 0.2) is 0 Å². The molecule has 2 atom stereocenters. The molecule has 2 rings (SSSR count). The standard InChI is InChI=1S/C14H24F3NOS/c1-2-18-12(10-14(15,16)17)11-3-6-19-13(9-11)4-7-20-8-5-13/h11-12,18H,2-10H2,1H3. The fourth-order valence-electron chi connectivity index (χ4n) is 3.42. The molecule has 2 aliphatic heterocycles. The van der Waals surface area contributed by atoms with Gasteiger partial charge >= 0.3 is 6.18 Å². The summed E-state index contributed by atoms with van der Waals surface area (Å²) < 4.78 is 44.2. The first-order valence-corrected chi connectivity index (χ1v) is 8.61. The molecule has 0 aromatic carbocycles. The molecule has 0 aromatic rings. The summed E-state index contributed by atoms with van der Waals surface area (Å²) in [5.41, 5.74) is -0.145. The second-order valence-corrected chi connectivity index (χ2v) is 7.10. The molecule has 2 aliphatic rings. The van der Waals surface area contributed by atoms with Crippen molar-refractivity contribution in [2.45, 2.75) is 56.8 Å². The molecule has 0 saturated carbocycles. The molecule has 0 radical (unpaired) electrons. The molecule has 1 N–H and O–H groups in total. The van der Waals surface area contributed by atoms with Gasteiger partial charge in [-0.2, -0.15) is 24.9 Å². The Morgan fingerprint density at radius 1 is 1.35 bits per heavy atom. The van der Waals surface area contributed by atoms with Gasteiger partial charge in [0.05, 0.1) is 12.0 Å². The molecule has 0 aliphatic carbocycles. The van der Waals surface area contributed by atoms with Crippen molar-refractivity contribution in [1.29, 1.82) is 0 Å². The molecule has 118 valence electrons. The summed E-state index contributed by atoms with van der Waals surface area (Å²) in [6.45, 7) is 3.06. The fraction of sp³-hybridized carbons (Fsp3) is 1.00. The van der Waals surface area contributed by atoms with Crippen molar-refractivity contribution >= 4 is 11.8 Å². The molecule has 20 heavy (non-hydrogen) atoms. The van der Waals surface area contributed by atoms with Gasteiger partial charge in [-0.3, -0.25) is 0 Å². The van der Waals surface area contributed by atoms with Gasteiger partial charge in [-0.15, -0.1) is 0 Å². The molecule has 6 heteroatoms. The summed E-state index contributed by atoms with van der Waals surface area (Å²) in [4.78, 5) is 0. The zero-order valence-corrected chi connectivity index (χ0v) is 12.8. The van der Waals surface area contributed by atoms with Crippen molar-refractivity contribution < 1.29 is 17.9 Å². The van der Waals surface area contributed by atoms with Crippen LogP contribution in [0.1, 0.15) is 39.0 Å². The number of alkyl halides is 3. The predicted octanol–water partition coefficient (Wildman–Crippen LogP) is 3.61. The number of hydrogen-bond donors (Lipinski definition) is 1. The normalized spacial score (nSPS) is 28.5. The Hall–Kier alpha value is 0.0600. The van der Waals surface area contributed by atoms with Gasteiger partial charge in [0, 0.05) is 12.6 Å². The van der Waals surface area contributed by atoms with Crippen molar-refractivity contribution in [1.82, 2.24) is 5.32 Å². The van der Waals surface area contributed by atoms with Crippen molar-refractivity contribution in [2.24, 2.45) is 5.92 Å². The summed E-state index contributed by atoms with van der Waals surface area (Å²) in [5.74, 6) is 2.21. The highest BCUT2D eigenvalue weighted by Crippen LogP contribution is 2.42. The maximum atomic E-state index is 12.7. The quantitative estimate of drug-likeness (QED) is 0.857. The van der Waals surface area contributed by atoms with Crippen molar-refractivity contribution in [3.63, 3.8) is 0 Å². The minimum absolute atomic E-state index is 0.0772. The number of thioether (sulfide) groups is 1. The first-order valence-electron chi connectivity index (χ1n) is 7.46. The number of halogens is 3. The minimum atomic E-state index is -4.10. The van der Waals surface area contributed by atoms with E-state index in [1.54, 1.807) is 0 Å². The van der Waals surface area contributed by atoms with Gasteiger partial charge in [-0.05, 0) is 49.7 Å². The first kappa shape index (κ1) is 16.4. The van der Waals surface area contributed by atoms with E-state index in [0.29, 0.717) is 13.2 Å². The van der Waals surface area contributed by atoms with Crippen LogP contribution in [0.4, 0.5) is 13.2 Å². The van der Waals surface area contributed by atoms with Gasteiger partial charge in [0.2, 0.25) is 0 Å². The largest absolute Gasteiger partial charge is 0.390 e. The van der Waals surface area contributed by atoms with E-state index in [-0.39, 0.29) is 11.5 Å². The Bertz CT molecular complexity index is 300. The number of nitrogens with one attached hydrogen (secondary N) is 1. The minimum Gasteiger partial charge on any atom is -0.375 e. The van der Waals surface area contributed by atoms with E-state index in [2.05, 4.69) is 5.32 Å². The first-order chi connectivity index (χ1) is 9.44. The summed E-state index contributed by atoms with van der Waals surface area (Å²) in [6, 6.07) is -0.463.